The van der Waals surface area contributed by atoms with E-state index in [-0.39, 0.29) is 6.61 Å². The molecule has 4 heteroatoms. The Balaban J connectivity index is 5.67. The molecule has 0 aromatic carbocycles. The summed E-state index contributed by atoms with van der Waals surface area (Å²) in [5, 5.41) is 18.8. The average Bonchev–Trinajstić information content (AvgIpc) is 2.27. The smallest absolute Gasteiger partial charge is 0.327 e. The minimum Gasteiger partial charge on any atom is -0.465 e. The zero-order chi connectivity index (χ0) is 14.4. The van der Waals surface area contributed by atoms with Crippen molar-refractivity contribution in [1.29, 1.82) is 10.5 Å². The molecule has 2 atom stereocenters. The lowest BCUT2D eigenvalue weighted by Crippen LogP contribution is -2.44. The lowest BCUT2D eigenvalue weighted by Gasteiger charge is -2.36. The molecule has 0 aliphatic heterocycles. The quantitative estimate of drug-likeness (QED) is 0.703. The van der Waals surface area contributed by atoms with Gasteiger partial charge in [0.25, 0.3) is 0 Å². The number of esters is 1. The second-order valence-corrected chi connectivity index (χ2v) is 5.48. The van der Waals surface area contributed by atoms with Crippen LogP contribution < -0.4 is 0 Å². The first-order valence-corrected chi connectivity index (χ1v) is 6.28. The van der Waals surface area contributed by atoms with Crippen molar-refractivity contribution in [3.63, 3.8) is 0 Å². The molecule has 0 aromatic heterocycles. The number of hydrogen-bond acceptors (Lipinski definition) is 4. The Morgan fingerprint density at radius 3 is 2.11 bits per heavy atom. The standard InChI is InChI=1S/C14H22N2O2/c1-6-8-14(10-16,12(17)18-7-2)11(9-15)13(3,4)5/h11H,6-8H2,1-5H3. The molecule has 0 radical (unpaired) electrons. The van der Waals surface area contributed by atoms with Crippen molar-refractivity contribution in [2.75, 3.05) is 6.61 Å². The van der Waals surface area contributed by atoms with Gasteiger partial charge in [0, 0.05) is 0 Å². The van der Waals surface area contributed by atoms with Crippen molar-refractivity contribution < 1.29 is 9.53 Å². The van der Waals surface area contributed by atoms with E-state index in [1.165, 1.54) is 0 Å². The predicted molar refractivity (Wildman–Crippen MR) is 68.1 cm³/mol. The average molecular weight is 250 g/mol. The highest BCUT2D eigenvalue weighted by atomic mass is 16.5. The van der Waals surface area contributed by atoms with E-state index in [9.17, 15) is 15.3 Å². The van der Waals surface area contributed by atoms with Crippen molar-refractivity contribution in [2.24, 2.45) is 16.7 Å². The van der Waals surface area contributed by atoms with Crippen LogP contribution in [0.2, 0.25) is 0 Å². The third kappa shape index (κ3) is 3.23. The zero-order valence-electron chi connectivity index (χ0n) is 11.9. The Bertz CT molecular complexity index is 371. The second kappa shape index (κ2) is 6.40. The molecule has 18 heavy (non-hydrogen) atoms. The van der Waals surface area contributed by atoms with Gasteiger partial charge >= 0.3 is 5.97 Å². The molecule has 0 saturated heterocycles. The normalized spacial score (nSPS) is 15.9. The van der Waals surface area contributed by atoms with Crippen LogP contribution in [0.1, 0.15) is 47.5 Å². The van der Waals surface area contributed by atoms with E-state index < -0.39 is 22.7 Å². The first kappa shape index (κ1) is 16.4. The highest BCUT2D eigenvalue weighted by molar-refractivity contribution is 5.81. The lowest BCUT2D eigenvalue weighted by molar-refractivity contribution is -0.156. The van der Waals surface area contributed by atoms with Gasteiger partial charge in [-0.3, -0.25) is 4.79 Å². The molecule has 0 bridgehead atoms. The Morgan fingerprint density at radius 1 is 1.28 bits per heavy atom. The van der Waals surface area contributed by atoms with E-state index in [1.54, 1.807) is 6.92 Å². The largest absolute Gasteiger partial charge is 0.465 e. The highest BCUT2D eigenvalue weighted by Crippen LogP contribution is 2.43. The number of nitriles is 2. The molecule has 2 unspecified atom stereocenters. The molecule has 100 valence electrons. The van der Waals surface area contributed by atoms with Gasteiger partial charge in [-0.05, 0) is 18.8 Å². The van der Waals surface area contributed by atoms with Gasteiger partial charge in [-0.25, -0.2) is 0 Å². The van der Waals surface area contributed by atoms with E-state index in [4.69, 9.17) is 4.74 Å². The van der Waals surface area contributed by atoms with Crippen LogP contribution in [-0.4, -0.2) is 12.6 Å². The molecule has 0 N–H and O–H groups in total. The molecule has 0 aliphatic rings. The maximum absolute atomic E-state index is 12.1. The molecule has 0 aliphatic carbocycles. The van der Waals surface area contributed by atoms with E-state index in [1.807, 2.05) is 27.7 Å². The van der Waals surface area contributed by atoms with Crippen LogP contribution in [-0.2, 0) is 9.53 Å². The van der Waals surface area contributed by atoms with Gasteiger partial charge in [0.1, 0.15) is 0 Å². The maximum Gasteiger partial charge on any atom is 0.327 e. The van der Waals surface area contributed by atoms with Crippen LogP contribution in [0, 0.1) is 39.4 Å². The summed E-state index contributed by atoms with van der Waals surface area (Å²) in [6, 6.07) is 4.20. The fraction of sp³-hybridized carbons (Fsp3) is 0.786. The first-order chi connectivity index (χ1) is 8.30. The fourth-order valence-corrected chi connectivity index (χ4v) is 2.23. The summed E-state index contributed by atoms with van der Waals surface area (Å²) in [6.45, 7) is 9.40. The topological polar surface area (TPSA) is 73.9 Å². The monoisotopic (exact) mass is 250 g/mol. The molecule has 0 spiro atoms. The summed E-state index contributed by atoms with van der Waals surface area (Å²) in [5.41, 5.74) is -1.82. The second-order valence-electron chi connectivity index (χ2n) is 5.48. The minimum atomic E-state index is -1.36. The van der Waals surface area contributed by atoms with Gasteiger partial charge in [-0.1, -0.05) is 34.1 Å². The van der Waals surface area contributed by atoms with Crippen molar-refractivity contribution in [2.45, 2.75) is 47.5 Å². The third-order valence-electron chi connectivity index (χ3n) is 2.97. The number of hydrogen-bond donors (Lipinski definition) is 0. The number of carbonyl (C=O) groups excluding carboxylic acids is 1. The van der Waals surface area contributed by atoms with Crippen LogP contribution in [0.4, 0.5) is 0 Å². The molecule has 0 saturated carbocycles. The number of ether oxygens (including phenoxy) is 1. The molecule has 0 fully saturated rings. The Labute approximate surface area is 110 Å². The molecule has 0 aromatic rings. The van der Waals surface area contributed by atoms with E-state index >= 15 is 0 Å². The molecule has 4 nitrogen and oxygen atoms in total. The van der Waals surface area contributed by atoms with E-state index in [2.05, 4.69) is 12.1 Å². The van der Waals surface area contributed by atoms with Crippen LogP contribution in [0.25, 0.3) is 0 Å². The predicted octanol–water partition coefficient (Wildman–Crippen LogP) is 3.05. The molecule has 0 amide bonds. The van der Waals surface area contributed by atoms with E-state index in [0.717, 1.165) is 0 Å². The Kier molecular flexibility index (Phi) is 5.85. The Morgan fingerprint density at radius 2 is 1.83 bits per heavy atom. The summed E-state index contributed by atoms with van der Waals surface area (Å²) in [7, 11) is 0. The first-order valence-electron chi connectivity index (χ1n) is 6.28. The molecule has 0 rings (SSSR count). The van der Waals surface area contributed by atoms with Gasteiger partial charge < -0.3 is 4.74 Å². The van der Waals surface area contributed by atoms with Crippen molar-refractivity contribution >= 4 is 5.97 Å². The molecular formula is C14H22N2O2. The summed E-state index contributed by atoms with van der Waals surface area (Å²) >= 11 is 0. The summed E-state index contributed by atoms with van der Waals surface area (Å²) in [5.74, 6) is -1.26. The SMILES string of the molecule is CCCC(C#N)(C(=O)OCC)C(C#N)C(C)(C)C. The van der Waals surface area contributed by atoms with Gasteiger partial charge in [0.05, 0.1) is 24.7 Å². The Hall–Kier alpha value is -1.55. The van der Waals surface area contributed by atoms with Crippen LogP contribution in [0.3, 0.4) is 0 Å². The number of rotatable bonds is 5. The van der Waals surface area contributed by atoms with Crippen molar-refractivity contribution in [3.05, 3.63) is 0 Å². The molecule has 0 heterocycles. The van der Waals surface area contributed by atoms with Gasteiger partial charge in [0.2, 0.25) is 0 Å². The summed E-state index contributed by atoms with van der Waals surface area (Å²) < 4.78 is 5.02. The lowest BCUT2D eigenvalue weighted by atomic mass is 9.63. The fourth-order valence-electron chi connectivity index (χ4n) is 2.23. The van der Waals surface area contributed by atoms with Gasteiger partial charge in [0.15, 0.2) is 5.41 Å². The summed E-state index contributed by atoms with van der Waals surface area (Å²) in [6.07, 6.45) is 0.998. The van der Waals surface area contributed by atoms with Crippen molar-refractivity contribution in [1.82, 2.24) is 0 Å². The van der Waals surface area contributed by atoms with Crippen LogP contribution in [0.15, 0.2) is 0 Å². The number of nitrogens with zero attached hydrogens (tertiary/aromatic N) is 2. The third-order valence-corrected chi connectivity index (χ3v) is 2.97. The molecular weight excluding hydrogens is 228 g/mol. The van der Waals surface area contributed by atoms with Gasteiger partial charge in [-0.15, -0.1) is 0 Å². The van der Waals surface area contributed by atoms with Crippen molar-refractivity contribution in [3.8, 4) is 12.1 Å². The number of carbonyl (C=O) groups is 1. The maximum atomic E-state index is 12.1. The highest BCUT2D eigenvalue weighted by Gasteiger charge is 2.52. The van der Waals surface area contributed by atoms with E-state index in [0.29, 0.717) is 12.8 Å². The van der Waals surface area contributed by atoms with Crippen LogP contribution >= 0.6 is 0 Å². The van der Waals surface area contributed by atoms with Gasteiger partial charge in [-0.2, -0.15) is 10.5 Å². The minimum absolute atomic E-state index is 0.217. The summed E-state index contributed by atoms with van der Waals surface area (Å²) in [4.78, 5) is 12.1. The zero-order valence-corrected chi connectivity index (χ0v) is 11.9. The van der Waals surface area contributed by atoms with Crippen LogP contribution in [0.5, 0.6) is 0 Å².